The molecule has 0 amide bonds. The number of sulfonamides is 1. The Morgan fingerprint density at radius 3 is 1.66 bits per heavy atom. The molecule has 5 aromatic rings. The third-order valence-corrected chi connectivity index (χ3v) is 9.74. The van der Waals surface area contributed by atoms with Gasteiger partial charge in [-0.25, -0.2) is 8.42 Å². The second-order valence-electron chi connectivity index (χ2n) is 10.3. The molecule has 0 unspecified atom stereocenters. The second kappa shape index (κ2) is 14.1. The molecule has 0 radical (unpaired) electrons. The van der Waals surface area contributed by atoms with E-state index in [1.807, 2.05) is 0 Å². The lowest BCUT2D eigenvalue weighted by molar-refractivity contribution is -0.139. The van der Waals surface area contributed by atoms with E-state index < -0.39 is 26.7 Å². The zero-order valence-corrected chi connectivity index (χ0v) is 27.8. The highest BCUT2D eigenvalue weighted by Crippen LogP contribution is 2.43. The summed E-state index contributed by atoms with van der Waals surface area (Å²) >= 11 is 3.27. The lowest BCUT2D eigenvalue weighted by Crippen LogP contribution is -2.32. The Bertz CT molecular complexity index is 1890. The molecule has 0 aliphatic heterocycles. The molecule has 1 aromatic heterocycles. The average molecular weight is 733 g/mol. The van der Waals surface area contributed by atoms with Gasteiger partial charge in [0.1, 0.15) is 22.1 Å². The number of halogens is 4. The standard InChI is InChI=1S/C32H29BrF3N5O5S/c1-44-24-10-4-21(5-11-24)18-40(19-22-6-12-25(45-2)13-7-22)47(42,43)30-27(32(34,35)36)16-17-28(33)29(30)31-37-39-41(38-31)20-23-8-14-26(46-3)15-9-23/h4-17H,18-20H2,1-3H3. The Morgan fingerprint density at radius 1 is 0.745 bits per heavy atom. The van der Waals surface area contributed by atoms with Crippen LogP contribution in [-0.4, -0.2) is 54.3 Å². The summed E-state index contributed by atoms with van der Waals surface area (Å²) in [5, 5.41) is 12.3. The topological polar surface area (TPSA) is 109 Å². The van der Waals surface area contributed by atoms with E-state index in [-0.39, 0.29) is 35.5 Å². The van der Waals surface area contributed by atoms with E-state index in [0.717, 1.165) is 22.0 Å². The van der Waals surface area contributed by atoms with E-state index in [1.54, 1.807) is 72.8 Å². The van der Waals surface area contributed by atoms with E-state index in [0.29, 0.717) is 28.4 Å². The smallest absolute Gasteiger partial charge is 0.417 e. The fraction of sp³-hybridized carbons (Fsp3) is 0.219. The van der Waals surface area contributed by atoms with Crippen LogP contribution < -0.4 is 14.2 Å². The summed E-state index contributed by atoms with van der Waals surface area (Å²) in [6.07, 6.45) is -5.04. The minimum absolute atomic E-state index is 0.0434. The molecular weight excluding hydrogens is 703 g/mol. The highest BCUT2D eigenvalue weighted by molar-refractivity contribution is 9.10. The Labute approximate surface area is 277 Å². The van der Waals surface area contributed by atoms with Crippen LogP contribution in [0.4, 0.5) is 13.2 Å². The number of rotatable bonds is 12. The van der Waals surface area contributed by atoms with Crippen molar-refractivity contribution in [2.45, 2.75) is 30.7 Å². The maximum absolute atomic E-state index is 14.6. The van der Waals surface area contributed by atoms with Crippen molar-refractivity contribution in [3.05, 3.63) is 112 Å². The van der Waals surface area contributed by atoms with Gasteiger partial charge in [0, 0.05) is 17.6 Å². The van der Waals surface area contributed by atoms with Gasteiger partial charge in [0.05, 0.1) is 39.0 Å². The van der Waals surface area contributed by atoms with Crippen molar-refractivity contribution in [2.75, 3.05) is 21.3 Å². The number of benzene rings is 4. The van der Waals surface area contributed by atoms with Gasteiger partial charge < -0.3 is 14.2 Å². The van der Waals surface area contributed by atoms with Crippen LogP contribution in [-0.2, 0) is 35.8 Å². The first-order chi connectivity index (χ1) is 22.4. The maximum Gasteiger partial charge on any atom is 0.417 e. The lowest BCUT2D eigenvalue weighted by Gasteiger charge is -2.26. The zero-order valence-electron chi connectivity index (χ0n) is 25.4. The summed E-state index contributed by atoms with van der Waals surface area (Å²) in [6.45, 7) is -0.380. The molecular formula is C32H29BrF3N5O5S. The first kappa shape index (κ1) is 33.9. The van der Waals surface area contributed by atoms with E-state index in [4.69, 9.17) is 14.2 Å². The summed E-state index contributed by atoms with van der Waals surface area (Å²) in [5.41, 5.74) is 0.0795. The van der Waals surface area contributed by atoms with Crippen LogP contribution in [0.5, 0.6) is 17.2 Å². The quantitative estimate of drug-likeness (QED) is 0.142. The fourth-order valence-corrected chi connectivity index (χ4v) is 7.24. The number of aromatic nitrogens is 4. The second-order valence-corrected chi connectivity index (χ2v) is 13.0. The van der Waals surface area contributed by atoms with Gasteiger partial charge in [0.15, 0.2) is 0 Å². The summed E-state index contributed by atoms with van der Waals surface area (Å²) < 4.78 is 89.8. The fourth-order valence-electron chi connectivity index (χ4n) is 4.79. The van der Waals surface area contributed by atoms with E-state index >= 15 is 0 Å². The van der Waals surface area contributed by atoms with Crippen LogP contribution >= 0.6 is 15.9 Å². The van der Waals surface area contributed by atoms with Crippen molar-refractivity contribution in [3.63, 3.8) is 0 Å². The van der Waals surface area contributed by atoms with E-state index in [1.165, 1.54) is 26.1 Å². The molecule has 0 aliphatic carbocycles. The van der Waals surface area contributed by atoms with Crippen molar-refractivity contribution in [1.82, 2.24) is 24.5 Å². The van der Waals surface area contributed by atoms with Crippen molar-refractivity contribution in [2.24, 2.45) is 0 Å². The molecule has 10 nitrogen and oxygen atoms in total. The van der Waals surface area contributed by atoms with Gasteiger partial charge >= 0.3 is 6.18 Å². The number of hydrogen-bond acceptors (Lipinski definition) is 8. The highest BCUT2D eigenvalue weighted by Gasteiger charge is 2.42. The summed E-state index contributed by atoms with van der Waals surface area (Å²) in [7, 11) is -0.395. The molecule has 47 heavy (non-hydrogen) atoms. The summed E-state index contributed by atoms with van der Waals surface area (Å²) in [4.78, 5) is 0.178. The van der Waals surface area contributed by atoms with Gasteiger partial charge in [-0.2, -0.15) is 22.3 Å². The molecule has 0 spiro atoms. The van der Waals surface area contributed by atoms with Crippen molar-refractivity contribution < 1.29 is 35.8 Å². The van der Waals surface area contributed by atoms with Gasteiger partial charge in [0.25, 0.3) is 0 Å². The molecule has 246 valence electrons. The van der Waals surface area contributed by atoms with Gasteiger partial charge in [-0.05, 0) is 86.4 Å². The minimum atomic E-state index is -5.04. The van der Waals surface area contributed by atoms with Gasteiger partial charge in [-0.15, -0.1) is 10.2 Å². The number of ether oxygens (including phenoxy) is 3. The molecule has 0 saturated heterocycles. The molecule has 1 heterocycles. The molecule has 0 saturated carbocycles. The largest absolute Gasteiger partial charge is 0.497 e. The summed E-state index contributed by atoms with van der Waals surface area (Å²) in [6, 6.07) is 22.0. The third kappa shape index (κ3) is 7.75. The minimum Gasteiger partial charge on any atom is -0.497 e. The van der Waals surface area contributed by atoms with E-state index in [2.05, 4.69) is 31.3 Å². The Kier molecular flexibility index (Phi) is 10.2. The van der Waals surface area contributed by atoms with Gasteiger partial charge in [-0.3, -0.25) is 0 Å². The molecule has 5 rings (SSSR count). The molecule has 0 atom stereocenters. The van der Waals surface area contributed by atoms with Crippen LogP contribution in [0.15, 0.2) is 94.3 Å². The molecule has 0 bridgehead atoms. The predicted molar refractivity (Wildman–Crippen MR) is 170 cm³/mol. The van der Waals surface area contributed by atoms with Crippen LogP contribution in [0.1, 0.15) is 22.3 Å². The molecule has 4 aromatic carbocycles. The van der Waals surface area contributed by atoms with E-state index in [9.17, 15) is 21.6 Å². The monoisotopic (exact) mass is 731 g/mol. The number of hydrogen-bond donors (Lipinski definition) is 0. The molecule has 15 heteroatoms. The molecule has 0 fully saturated rings. The lowest BCUT2D eigenvalue weighted by atomic mass is 10.1. The number of tetrazole rings is 1. The first-order valence-corrected chi connectivity index (χ1v) is 16.2. The van der Waals surface area contributed by atoms with Crippen molar-refractivity contribution >= 4 is 26.0 Å². The Hall–Kier alpha value is -4.47. The average Bonchev–Trinajstić information content (AvgIpc) is 3.52. The SMILES string of the molecule is COc1ccc(CN(Cc2ccc(OC)cc2)S(=O)(=O)c2c(C(F)(F)F)ccc(Br)c2-c2nnn(Cc3ccc(OC)cc3)n2)cc1. The predicted octanol–water partition coefficient (Wildman–Crippen LogP) is 6.59. The Balaban J connectivity index is 1.63. The summed E-state index contributed by atoms with van der Waals surface area (Å²) in [5.74, 6) is 1.41. The highest BCUT2D eigenvalue weighted by atomic mass is 79.9. The number of methoxy groups -OCH3 is 3. The van der Waals surface area contributed by atoms with Crippen LogP contribution in [0.3, 0.4) is 0 Å². The number of nitrogens with zero attached hydrogens (tertiary/aromatic N) is 5. The van der Waals surface area contributed by atoms with Gasteiger partial charge in [0.2, 0.25) is 15.8 Å². The van der Waals surface area contributed by atoms with Gasteiger partial charge in [-0.1, -0.05) is 36.4 Å². The van der Waals surface area contributed by atoms with Crippen LogP contribution in [0.2, 0.25) is 0 Å². The Morgan fingerprint density at radius 2 is 1.21 bits per heavy atom. The van der Waals surface area contributed by atoms with Crippen LogP contribution in [0.25, 0.3) is 11.4 Å². The maximum atomic E-state index is 14.6. The first-order valence-electron chi connectivity index (χ1n) is 14.0. The molecule has 0 aliphatic rings. The van der Waals surface area contributed by atoms with Crippen LogP contribution in [0, 0.1) is 0 Å². The van der Waals surface area contributed by atoms with Crippen molar-refractivity contribution in [3.8, 4) is 28.6 Å². The number of alkyl halides is 3. The zero-order chi connectivity index (χ0) is 33.8. The normalized spacial score (nSPS) is 11.9. The van der Waals surface area contributed by atoms with Crippen molar-refractivity contribution in [1.29, 1.82) is 0 Å². The molecule has 0 N–H and O–H groups in total. The third-order valence-electron chi connectivity index (χ3n) is 7.21.